The molecule has 0 atom stereocenters. The zero-order valence-electron chi connectivity index (χ0n) is 14.6. The molecule has 0 fully saturated rings. The fourth-order valence-corrected chi connectivity index (χ4v) is 4.08. The summed E-state index contributed by atoms with van der Waals surface area (Å²) >= 11 is 0. The van der Waals surface area contributed by atoms with Crippen LogP contribution in [0.25, 0.3) is 10.8 Å². The van der Waals surface area contributed by atoms with Gasteiger partial charge >= 0.3 is 0 Å². The molecule has 24 heavy (non-hydrogen) atoms. The van der Waals surface area contributed by atoms with E-state index in [4.69, 9.17) is 4.74 Å². The number of fused-ring (bicyclic) bond motifs is 1. The van der Waals surface area contributed by atoms with Crippen LogP contribution in [0.1, 0.15) is 6.42 Å². The molecular formula is C18H26N2O3S. The first-order chi connectivity index (χ1) is 11.4. The topological polar surface area (TPSA) is 49.9 Å². The Kier molecular flexibility index (Phi) is 6.74. The second-order valence-electron chi connectivity index (χ2n) is 6.06. The molecule has 0 N–H and O–H groups in total. The fourth-order valence-electron chi connectivity index (χ4n) is 2.59. The normalized spacial score (nSPS) is 12.4. The number of rotatable bonds is 9. The van der Waals surface area contributed by atoms with Crippen molar-refractivity contribution in [1.82, 2.24) is 9.21 Å². The summed E-state index contributed by atoms with van der Waals surface area (Å²) in [6.45, 7) is 2.07. The molecule has 6 heteroatoms. The Bertz CT molecular complexity index is 760. The molecule has 0 aromatic heterocycles. The van der Waals surface area contributed by atoms with Gasteiger partial charge in [-0.3, -0.25) is 0 Å². The molecule has 0 aliphatic heterocycles. The maximum absolute atomic E-state index is 13.0. The van der Waals surface area contributed by atoms with Gasteiger partial charge in [-0.2, -0.15) is 4.31 Å². The van der Waals surface area contributed by atoms with Gasteiger partial charge in [0, 0.05) is 20.2 Å². The van der Waals surface area contributed by atoms with Gasteiger partial charge in [-0.25, -0.2) is 8.42 Å². The maximum Gasteiger partial charge on any atom is 0.243 e. The van der Waals surface area contributed by atoms with Crippen LogP contribution >= 0.6 is 0 Å². The zero-order valence-corrected chi connectivity index (χ0v) is 15.4. The quantitative estimate of drug-likeness (QED) is 0.697. The SMILES string of the molecule is COCCN(CCCN(C)C)S(=O)(=O)c1ccc2ccccc2c1. The van der Waals surface area contributed by atoms with Gasteiger partial charge in [0.15, 0.2) is 0 Å². The van der Waals surface area contributed by atoms with Crippen molar-refractivity contribution in [1.29, 1.82) is 0 Å². The molecule has 132 valence electrons. The number of ether oxygens (including phenoxy) is 1. The minimum atomic E-state index is -3.53. The van der Waals surface area contributed by atoms with Crippen molar-refractivity contribution in [2.45, 2.75) is 11.3 Å². The van der Waals surface area contributed by atoms with E-state index in [-0.39, 0.29) is 0 Å². The third kappa shape index (κ3) is 4.77. The minimum Gasteiger partial charge on any atom is -0.383 e. The molecule has 2 aromatic carbocycles. The van der Waals surface area contributed by atoms with Gasteiger partial charge in [-0.05, 0) is 50.0 Å². The molecular weight excluding hydrogens is 324 g/mol. The predicted molar refractivity (Wildman–Crippen MR) is 97.8 cm³/mol. The molecule has 5 nitrogen and oxygen atoms in total. The second kappa shape index (κ2) is 8.58. The summed E-state index contributed by atoms with van der Waals surface area (Å²) in [6.07, 6.45) is 0.781. The van der Waals surface area contributed by atoms with E-state index >= 15 is 0 Å². The Morgan fingerprint density at radius 3 is 2.33 bits per heavy atom. The van der Waals surface area contributed by atoms with E-state index in [1.54, 1.807) is 19.2 Å². The average molecular weight is 350 g/mol. The Morgan fingerprint density at radius 2 is 1.67 bits per heavy atom. The predicted octanol–water partition coefficient (Wildman–Crippen LogP) is 2.43. The Labute approximate surface area is 144 Å². The van der Waals surface area contributed by atoms with Crippen LogP contribution in [0.4, 0.5) is 0 Å². The van der Waals surface area contributed by atoms with E-state index in [0.717, 1.165) is 23.7 Å². The van der Waals surface area contributed by atoms with Crippen LogP contribution in [0.2, 0.25) is 0 Å². The van der Waals surface area contributed by atoms with Gasteiger partial charge in [-0.15, -0.1) is 0 Å². The molecule has 0 aliphatic rings. The maximum atomic E-state index is 13.0. The molecule has 0 aliphatic carbocycles. The van der Waals surface area contributed by atoms with Gasteiger partial charge < -0.3 is 9.64 Å². The molecule has 0 saturated carbocycles. The lowest BCUT2D eigenvalue weighted by Gasteiger charge is -2.23. The van der Waals surface area contributed by atoms with Gasteiger partial charge in [0.25, 0.3) is 0 Å². The lowest BCUT2D eigenvalue weighted by Crippen LogP contribution is -2.36. The molecule has 2 aromatic rings. The van der Waals surface area contributed by atoms with Crippen LogP contribution in [0, 0.1) is 0 Å². The summed E-state index contributed by atoms with van der Waals surface area (Å²) in [7, 11) is 2.02. The first-order valence-corrected chi connectivity index (χ1v) is 9.52. The monoisotopic (exact) mass is 350 g/mol. The number of methoxy groups -OCH3 is 1. The molecule has 0 bridgehead atoms. The van der Waals surface area contributed by atoms with Crippen LogP contribution < -0.4 is 0 Å². The molecule has 0 spiro atoms. The van der Waals surface area contributed by atoms with E-state index < -0.39 is 10.0 Å². The summed E-state index contributed by atoms with van der Waals surface area (Å²) in [5, 5.41) is 1.96. The first-order valence-electron chi connectivity index (χ1n) is 8.08. The Balaban J connectivity index is 2.26. The minimum absolute atomic E-state index is 0.335. The van der Waals surface area contributed by atoms with Crippen LogP contribution in [0.3, 0.4) is 0 Å². The number of hydrogen-bond donors (Lipinski definition) is 0. The van der Waals surface area contributed by atoms with Crippen LogP contribution in [-0.2, 0) is 14.8 Å². The number of hydrogen-bond acceptors (Lipinski definition) is 4. The Morgan fingerprint density at radius 1 is 0.958 bits per heavy atom. The molecule has 0 radical (unpaired) electrons. The lowest BCUT2D eigenvalue weighted by molar-refractivity contribution is 0.177. The van der Waals surface area contributed by atoms with E-state index in [1.807, 2.05) is 44.4 Å². The largest absolute Gasteiger partial charge is 0.383 e. The standard InChI is InChI=1S/C18H26N2O3S/c1-19(2)11-6-12-20(13-14-23-3)24(21,22)18-10-9-16-7-4-5-8-17(16)15-18/h4-5,7-10,15H,6,11-14H2,1-3H3. The molecule has 0 saturated heterocycles. The molecule has 0 unspecified atom stereocenters. The highest BCUT2D eigenvalue weighted by atomic mass is 32.2. The molecule has 0 heterocycles. The summed E-state index contributed by atoms with van der Waals surface area (Å²) in [6, 6.07) is 13.1. The summed E-state index contributed by atoms with van der Waals surface area (Å²) in [5.74, 6) is 0. The van der Waals surface area contributed by atoms with Gasteiger partial charge in [0.05, 0.1) is 11.5 Å². The van der Waals surface area contributed by atoms with Gasteiger partial charge in [0.2, 0.25) is 10.0 Å². The first kappa shape index (κ1) is 18.9. The van der Waals surface area contributed by atoms with Gasteiger partial charge in [0.1, 0.15) is 0 Å². The highest BCUT2D eigenvalue weighted by Gasteiger charge is 2.24. The zero-order chi connectivity index (χ0) is 17.6. The van der Waals surface area contributed by atoms with E-state index in [0.29, 0.717) is 24.6 Å². The van der Waals surface area contributed by atoms with Crippen LogP contribution in [0.5, 0.6) is 0 Å². The van der Waals surface area contributed by atoms with Crippen molar-refractivity contribution in [3.8, 4) is 0 Å². The molecule has 2 rings (SSSR count). The van der Waals surface area contributed by atoms with Crippen molar-refractivity contribution in [3.05, 3.63) is 42.5 Å². The van der Waals surface area contributed by atoms with Crippen molar-refractivity contribution < 1.29 is 13.2 Å². The van der Waals surface area contributed by atoms with Crippen LogP contribution in [0.15, 0.2) is 47.4 Å². The Hall–Kier alpha value is -1.47. The van der Waals surface area contributed by atoms with Crippen molar-refractivity contribution in [3.63, 3.8) is 0 Å². The summed E-state index contributed by atoms with van der Waals surface area (Å²) in [5.41, 5.74) is 0. The fraction of sp³-hybridized carbons (Fsp3) is 0.444. The lowest BCUT2D eigenvalue weighted by atomic mass is 10.1. The highest BCUT2D eigenvalue weighted by molar-refractivity contribution is 7.89. The summed E-state index contributed by atoms with van der Waals surface area (Å²) < 4.78 is 32.6. The van der Waals surface area contributed by atoms with Crippen molar-refractivity contribution in [2.24, 2.45) is 0 Å². The van der Waals surface area contributed by atoms with Gasteiger partial charge in [-0.1, -0.05) is 30.3 Å². The smallest absolute Gasteiger partial charge is 0.243 e. The third-order valence-electron chi connectivity index (χ3n) is 3.92. The van der Waals surface area contributed by atoms with Crippen molar-refractivity contribution >= 4 is 20.8 Å². The number of benzene rings is 2. The third-order valence-corrected chi connectivity index (χ3v) is 5.81. The van der Waals surface area contributed by atoms with E-state index in [2.05, 4.69) is 4.90 Å². The second-order valence-corrected chi connectivity index (χ2v) is 8.00. The average Bonchev–Trinajstić information content (AvgIpc) is 2.57. The molecule has 0 amide bonds. The number of nitrogens with zero attached hydrogens (tertiary/aromatic N) is 2. The van der Waals surface area contributed by atoms with E-state index in [1.165, 1.54) is 4.31 Å². The summed E-state index contributed by atoms with van der Waals surface area (Å²) in [4.78, 5) is 2.39. The van der Waals surface area contributed by atoms with Crippen LogP contribution in [-0.4, -0.2) is 65.1 Å². The highest BCUT2D eigenvalue weighted by Crippen LogP contribution is 2.22. The van der Waals surface area contributed by atoms with Crippen molar-refractivity contribution in [2.75, 3.05) is 47.4 Å². The number of sulfonamides is 1. The van der Waals surface area contributed by atoms with E-state index in [9.17, 15) is 8.42 Å².